The summed E-state index contributed by atoms with van der Waals surface area (Å²) >= 11 is 0. The summed E-state index contributed by atoms with van der Waals surface area (Å²) in [4.78, 5) is 4.64. The minimum atomic E-state index is -0.306. The van der Waals surface area contributed by atoms with Gasteiger partial charge in [0.05, 0.1) is 7.11 Å². The Balaban J connectivity index is 2.26. The molecule has 2 aromatic rings. The summed E-state index contributed by atoms with van der Waals surface area (Å²) in [6, 6.07) is 17.4. The lowest BCUT2D eigenvalue weighted by Crippen LogP contribution is -3.00. The van der Waals surface area contributed by atoms with Crippen molar-refractivity contribution in [1.82, 2.24) is 0 Å². The zero-order valence-corrected chi connectivity index (χ0v) is 9.01. The molecule has 3 heteroatoms. The van der Waals surface area contributed by atoms with E-state index in [9.17, 15) is 5.21 Å². The van der Waals surface area contributed by atoms with Crippen LogP contribution in [-0.4, -0.2) is 7.11 Å². The third kappa shape index (κ3) is 2.28. The van der Waals surface area contributed by atoms with E-state index in [4.69, 9.17) is 0 Å². The maximum absolute atomic E-state index is 11.2. The smallest absolute Gasteiger partial charge is 0.163 e. The topological polar surface area (TPSA) is 36.7 Å². The molecular formula is C13H13NO2. The number of rotatable bonds is 3. The highest BCUT2D eigenvalue weighted by atomic mass is 16.9. The summed E-state index contributed by atoms with van der Waals surface area (Å²) in [6.45, 7) is 0. The second-order valence-corrected chi connectivity index (χ2v) is 3.43. The summed E-state index contributed by atoms with van der Waals surface area (Å²) < 4.78 is 0. The van der Waals surface area contributed by atoms with E-state index in [1.807, 2.05) is 42.5 Å². The lowest BCUT2D eigenvalue weighted by atomic mass is 10.1. The van der Waals surface area contributed by atoms with Crippen LogP contribution in [0.2, 0.25) is 0 Å². The van der Waals surface area contributed by atoms with Crippen molar-refractivity contribution in [3.63, 3.8) is 0 Å². The lowest BCUT2D eigenvalue weighted by Gasteiger charge is -2.16. The van der Waals surface area contributed by atoms with Gasteiger partial charge in [-0.25, -0.2) is 4.84 Å². The van der Waals surface area contributed by atoms with Crippen molar-refractivity contribution in [1.29, 1.82) is 0 Å². The zero-order chi connectivity index (χ0) is 11.4. The first-order valence-electron chi connectivity index (χ1n) is 5.05. The molecule has 0 saturated heterocycles. The van der Waals surface area contributed by atoms with Crippen LogP contribution in [0.25, 0.3) is 11.1 Å². The molecule has 0 aliphatic heterocycles. The quantitative estimate of drug-likeness (QED) is 0.794. The van der Waals surface area contributed by atoms with Crippen LogP contribution >= 0.6 is 0 Å². The summed E-state index contributed by atoms with van der Waals surface area (Å²) in [5, 5.41) is 10.9. The number of hydrogen-bond acceptors (Lipinski definition) is 2. The maximum Gasteiger partial charge on any atom is 0.163 e. The highest BCUT2D eigenvalue weighted by Gasteiger charge is 2.02. The van der Waals surface area contributed by atoms with E-state index in [-0.39, 0.29) is 5.23 Å². The molecule has 0 radical (unpaired) electrons. The Morgan fingerprint density at radius 2 is 1.44 bits per heavy atom. The van der Waals surface area contributed by atoms with Crippen molar-refractivity contribution in [3.8, 4) is 11.1 Å². The average Bonchev–Trinajstić information content (AvgIpc) is 2.39. The van der Waals surface area contributed by atoms with Crippen LogP contribution in [0.5, 0.6) is 0 Å². The van der Waals surface area contributed by atoms with E-state index in [0.29, 0.717) is 5.69 Å². The van der Waals surface area contributed by atoms with Gasteiger partial charge >= 0.3 is 0 Å². The standard InChI is InChI=1S/C13H13NO2/c1-16-14(15)13-9-7-12(8-10-13)11-5-3-2-4-6-11/h2-10,14H,1H3. The van der Waals surface area contributed by atoms with E-state index in [0.717, 1.165) is 11.1 Å². The van der Waals surface area contributed by atoms with Gasteiger partial charge < -0.3 is 5.21 Å². The van der Waals surface area contributed by atoms with Gasteiger partial charge in [-0.05, 0) is 23.3 Å². The van der Waals surface area contributed by atoms with Crippen LogP contribution in [0.4, 0.5) is 5.69 Å². The molecule has 1 unspecified atom stereocenters. The fraction of sp³-hybridized carbons (Fsp3) is 0.0769. The molecule has 0 aliphatic rings. The number of quaternary nitrogens is 1. The predicted molar refractivity (Wildman–Crippen MR) is 62.9 cm³/mol. The van der Waals surface area contributed by atoms with Gasteiger partial charge in [-0.15, -0.1) is 0 Å². The van der Waals surface area contributed by atoms with Gasteiger partial charge in [0.1, 0.15) is 0 Å². The van der Waals surface area contributed by atoms with Crippen LogP contribution < -0.4 is 5.23 Å². The fourth-order valence-corrected chi connectivity index (χ4v) is 1.55. The maximum atomic E-state index is 11.2. The largest absolute Gasteiger partial charge is 0.595 e. The molecule has 0 bridgehead atoms. The number of benzene rings is 2. The molecular weight excluding hydrogens is 202 g/mol. The summed E-state index contributed by atoms with van der Waals surface area (Å²) in [5.41, 5.74) is 2.80. The normalized spacial score (nSPS) is 12.4. The van der Waals surface area contributed by atoms with Crippen LogP contribution in [0, 0.1) is 5.21 Å². The lowest BCUT2D eigenvalue weighted by molar-refractivity contribution is -0.992. The molecule has 2 aromatic carbocycles. The zero-order valence-electron chi connectivity index (χ0n) is 9.01. The van der Waals surface area contributed by atoms with Gasteiger partial charge in [0, 0.05) is 12.1 Å². The van der Waals surface area contributed by atoms with Crippen molar-refractivity contribution in [2.75, 3.05) is 7.11 Å². The Labute approximate surface area is 94.4 Å². The van der Waals surface area contributed by atoms with Gasteiger partial charge in [-0.1, -0.05) is 30.3 Å². The van der Waals surface area contributed by atoms with E-state index in [2.05, 4.69) is 4.84 Å². The first-order valence-corrected chi connectivity index (χ1v) is 5.05. The third-order valence-corrected chi connectivity index (χ3v) is 2.41. The number of hydrogen-bond donors (Lipinski definition) is 1. The summed E-state index contributed by atoms with van der Waals surface area (Å²) in [6.07, 6.45) is 0. The Morgan fingerprint density at radius 1 is 0.875 bits per heavy atom. The Bertz CT molecular complexity index is 439. The Kier molecular flexibility index (Phi) is 3.31. The molecule has 2 rings (SSSR count). The Morgan fingerprint density at radius 3 is 2.00 bits per heavy atom. The molecule has 0 spiro atoms. The second kappa shape index (κ2) is 4.90. The molecule has 1 N–H and O–H groups in total. The van der Waals surface area contributed by atoms with Crippen molar-refractivity contribution in [2.24, 2.45) is 0 Å². The summed E-state index contributed by atoms with van der Waals surface area (Å²) in [5.74, 6) is 0. The third-order valence-electron chi connectivity index (χ3n) is 2.41. The molecule has 0 aliphatic carbocycles. The fourth-order valence-electron chi connectivity index (χ4n) is 1.55. The van der Waals surface area contributed by atoms with E-state index in [1.54, 1.807) is 12.1 Å². The highest BCUT2D eigenvalue weighted by molar-refractivity contribution is 5.64. The SMILES string of the molecule is CO[NH+]([O-])c1ccc(-c2ccccc2)cc1. The first-order chi connectivity index (χ1) is 7.81. The minimum Gasteiger partial charge on any atom is -0.595 e. The number of nitrogens with one attached hydrogen (secondary N) is 1. The van der Waals surface area contributed by atoms with Gasteiger partial charge in [-0.3, -0.25) is 0 Å². The Hall–Kier alpha value is -1.68. The van der Waals surface area contributed by atoms with Crippen LogP contribution in [0.3, 0.4) is 0 Å². The van der Waals surface area contributed by atoms with Gasteiger partial charge in [0.15, 0.2) is 5.69 Å². The molecule has 0 heterocycles. The molecule has 0 amide bonds. The predicted octanol–water partition coefficient (Wildman–Crippen LogP) is 1.93. The minimum absolute atomic E-state index is 0.306. The molecule has 0 aromatic heterocycles. The van der Waals surface area contributed by atoms with E-state index < -0.39 is 0 Å². The van der Waals surface area contributed by atoms with Crippen molar-refractivity contribution >= 4 is 5.69 Å². The van der Waals surface area contributed by atoms with Crippen LogP contribution in [0.1, 0.15) is 0 Å². The average molecular weight is 215 g/mol. The highest BCUT2D eigenvalue weighted by Crippen LogP contribution is 2.19. The van der Waals surface area contributed by atoms with Gasteiger partial charge in [0.25, 0.3) is 0 Å². The monoisotopic (exact) mass is 215 g/mol. The first kappa shape index (κ1) is 10.8. The van der Waals surface area contributed by atoms with Gasteiger partial charge in [0.2, 0.25) is 0 Å². The molecule has 16 heavy (non-hydrogen) atoms. The molecule has 1 atom stereocenters. The summed E-state index contributed by atoms with van der Waals surface area (Å²) in [7, 11) is 1.38. The van der Waals surface area contributed by atoms with Crippen molar-refractivity contribution < 1.29 is 10.1 Å². The van der Waals surface area contributed by atoms with E-state index >= 15 is 0 Å². The second-order valence-electron chi connectivity index (χ2n) is 3.43. The van der Waals surface area contributed by atoms with Crippen LogP contribution in [0.15, 0.2) is 54.6 Å². The molecule has 0 saturated carbocycles. The van der Waals surface area contributed by atoms with Crippen LogP contribution in [-0.2, 0) is 4.84 Å². The van der Waals surface area contributed by atoms with Crippen molar-refractivity contribution in [3.05, 3.63) is 59.8 Å². The molecule has 82 valence electrons. The van der Waals surface area contributed by atoms with E-state index in [1.165, 1.54) is 7.11 Å². The van der Waals surface area contributed by atoms with Gasteiger partial charge in [-0.2, -0.15) is 5.23 Å². The van der Waals surface area contributed by atoms with Crippen molar-refractivity contribution in [2.45, 2.75) is 0 Å². The molecule has 3 nitrogen and oxygen atoms in total. The molecule has 0 fully saturated rings.